The predicted octanol–water partition coefficient (Wildman–Crippen LogP) is 5.94. The van der Waals surface area contributed by atoms with E-state index < -0.39 is 0 Å². The van der Waals surface area contributed by atoms with Gasteiger partial charge in [-0.3, -0.25) is 9.59 Å². The number of hydrogen-bond donors (Lipinski definition) is 0. The Morgan fingerprint density at radius 3 is 2.23 bits per heavy atom. The lowest BCUT2D eigenvalue weighted by Gasteiger charge is -2.62. The molecule has 10 unspecified atom stereocenters. The molecular formula is C27H42O4. The topological polar surface area (TPSA) is 52.6 Å². The first-order valence-electron chi connectivity index (χ1n) is 12.6. The molecule has 0 aromatic rings. The number of esters is 2. The highest BCUT2D eigenvalue weighted by atomic mass is 16.5. The molecule has 31 heavy (non-hydrogen) atoms. The Kier molecular flexibility index (Phi) is 6.07. The van der Waals surface area contributed by atoms with Crippen LogP contribution in [-0.2, 0) is 19.1 Å². The van der Waals surface area contributed by atoms with Gasteiger partial charge in [0.1, 0.15) is 12.2 Å². The first kappa shape index (κ1) is 22.9. The Morgan fingerprint density at radius 1 is 0.935 bits per heavy atom. The molecule has 0 bridgehead atoms. The predicted molar refractivity (Wildman–Crippen MR) is 121 cm³/mol. The Morgan fingerprint density at radius 2 is 1.58 bits per heavy atom. The monoisotopic (exact) mass is 430 g/mol. The molecule has 0 saturated heterocycles. The molecule has 4 rings (SSSR count). The molecule has 0 amide bonds. The third-order valence-electron chi connectivity index (χ3n) is 10.3. The molecule has 4 aliphatic carbocycles. The van der Waals surface area contributed by atoms with Crippen LogP contribution in [0.15, 0.2) is 12.7 Å². The highest BCUT2D eigenvalue weighted by Gasteiger charge is 2.63. The van der Waals surface area contributed by atoms with Crippen molar-refractivity contribution in [2.24, 2.45) is 46.3 Å². The highest BCUT2D eigenvalue weighted by Crippen LogP contribution is 2.68. The van der Waals surface area contributed by atoms with E-state index >= 15 is 0 Å². The number of allylic oxidation sites excluding steroid dienone is 1. The Balaban J connectivity index is 1.65. The summed E-state index contributed by atoms with van der Waals surface area (Å²) < 4.78 is 11.7. The van der Waals surface area contributed by atoms with E-state index in [0.717, 1.165) is 25.7 Å². The van der Waals surface area contributed by atoms with Gasteiger partial charge in [-0.2, -0.15) is 0 Å². The van der Waals surface area contributed by atoms with Gasteiger partial charge < -0.3 is 9.47 Å². The lowest BCUT2D eigenvalue weighted by atomic mass is 9.43. The lowest BCUT2D eigenvalue weighted by Crippen LogP contribution is -2.59. The molecule has 4 heteroatoms. The molecule has 0 heterocycles. The van der Waals surface area contributed by atoms with Gasteiger partial charge in [-0.05, 0) is 91.8 Å². The number of carbonyl (C=O) groups excluding carboxylic acids is 2. The summed E-state index contributed by atoms with van der Waals surface area (Å²) in [5.74, 6) is 2.99. The number of rotatable bonds is 4. The van der Waals surface area contributed by atoms with Gasteiger partial charge in [-0.1, -0.05) is 26.8 Å². The smallest absolute Gasteiger partial charge is 0.302 e. The van der Waals surface area contributed by atoms with Crippen LogP contribution in [0.2, 0.25) is 0 Å². The van der Waals surface area contributed by atoms with Crippen molar-refractivity contribution in [3.8, 4) is 0 Å². The van der Waals surface area contributed by atoms with E-state index in [4.69, 9.17) is 9.47 Å². The Labute approximate surface area is 188 Å². The molecule has 0 N–H and O–H groups in total. The molecule has 0 radical (unpaired) electrons. The normalized spacial score (nSPS) is 47.3. The highest BCUT2D eigenvalue weighted by molar-refractivity contribution is 5.66. The molecular weight excluding hydrogens is 388 g/mol. The standard InChI is InChI=1S/C27H42O4/c1-7-16(2)21-8-9-22-25-23(11-13-27(21,22)6)26(5)12-10-20(30-17(3)28)14-19(26)15-24(25)31-18(4)29/h7,16,19-25H,1,8-15H2,2-6H3. The van der Waals surface area contributed by atoms with Crippen molar-refractivity contribution in [2.45, 2.75) is 98.2 Å². The van der Waals surface area contributed by atoms with Crippen LogP contribution in [0, 0.1) is 46.3 Å². The number of hydrogen-bond acceptors (Lipinski definition) is 4. The summed E-state index contributed by atoms with van der Waals surface area (Å²) in [6, 6.07) is 0. The maximum absolute atomic E-state index is 12.1. The van der Waals surface area contributed by atoms with Crippen LogP contribution in [0.1, 0.15) is 86.0 Å². The van der Waals surface area contributed by atoms with Gasteiger partial charge in [0.2, 0.25) is 0 Å². The fraction of sp³-hybridized carbons (Fsp3) is 0.852. The molecule has 0 spiro atoms. The van der Waals surface area contributed by atoms with Crippen molar-refractivity contribution in [1.29, 1.82) is 0 Å². The SMILES string of the molecule is C=CC(C)C1CCC2C3C(OC(C)=O)CC4CC(OC(C)=O)CCC4(C)C3CCC12C. The van der Waals surface area contributed by atoms with Crippen molar-refractivity contribution in [3.05, 3.63) is 12.7 Å². The van der Waals surface area contributed by atoms with Gasteiger partial charge in [-0.25, -0.2) is 0 Å². The Bertz CT molecular complexity index is 731. The minimum Gasteiger partial charge on any atom is -0.463 e. The quantitative estimate of drug-likeness (QED) is 0.409. The van der Waals surface area contributed by atoms with E-state index in [1.165, 1.54) is 32.6 Å². The first-order chi connectivity index (χ1) is 14.6. The van der Waals surface area contributed by atoms with Crippen molar-refractivity contribution >= 4 is 11.9 Å². The molecule has 174 valence electrons. The minimum absolute atomic E-state index is 0.000865. The van der Waals surface area contributed by atoms with Gasteiger partial charge in [0.25, 0.3) is 0 Å². The third-order valence-corrected chi connectivity index (χ3v) is 10.3. The van der Waals surface area contributed by atoms with Crippen LogP contribution in [0.4, 0.5) is 0 Å². The average Bonchev–Trinajstić information content (AvgIpc) is 3.04. The van der Waals surface area contributed by atoms with Crippen LogP contribution in [0.5, 0.6) is 0 Å². The van der Waals surface area contributed by atoms with Crippen LogP contribution >= 0.6 is 0 Å². The van der Waals surface area contributed by atoms with Gasteiger partial charge >= 0.3 is 11.9 Å². The second kappa shape index (κ2) is 8.23. The summed E-state index contributed by atoms with van der Waals surface area (Å²) in [7, 11) is 0. The number of ether oxygens (including phenoxy) is 2. The zero-order valence-corrected chi connectivity index (χ0v) is 20.2. The zero-order valence-electron chi connectivity index (χ0n) is 20.2. The van der Waals surface area contributed by atoms with E-state index in [1.807, 2.05) is 0 Å². The largest absolute Gasteiger partial charge is 0.463 e. The molecule has 4 nitrogen and oxygen atoms in total. The van der Waals surface area contributed by atoms with Crippen molar-refractivity contribution in [1.82, 2.24) is 0 Å². The van der Waals surface area contributed by atoms with E-state index in [-0.39, 0.29) is 29.6 Å². The van der Waals surface area contributed by atoms with E-state index in [2.05, 4.69) is 33.4 Å². The second-order valence-electron chi connectivity index (χ2n) is 11.7. The molecule has 10 atom stereocenters. The summed E-state index contributed by atoms with van der Waals surface area (Å²) in [5, 5.41) is 0. The fourth-order valence-electron chi connectivity index (χ4n) is 8.90. The van der Waals surface area contributed by atoms with E-state index in [0.29, 0.717) is 40.9 Å². The summed E-state index contributed by atoms with van der Waals surface area (Å²) in [5.41, 5.74) is 0.562. The van der Waals surface area contributed by atoms with Gasteiger partial charge in [0, 0.05) is 19.8 Å². The van der Waals surface area contributed by atoms with E-state index in [1.54, 1.807) is 6.92 Å². The number of carbonyl (C=O) groups is 2. The molecule has 4 aliphatic rings. The van der Waals surface area contributed by atoms with Crippen molar-refractivity contribution < 1.29 is 19.1 Å². The van der Waals surface area contributed by atoms with Crippen LogP contribution in [-0.4, -0.2) is 24.1 Å². The lowest BCUT2D eigenvalue weighted by molar-refractivity contribution is -0.196. The maximum atomic E-state index is 12.1. The summed E-state index contributed by atoms with van der Waals surface area (Å²) in [6.45, 7) is 14.5. The van der Waals surface area contributed by atoms with Crippen molar-refractivity contribution in [3.63, 3.8) is 0 Å². The summed E-state index contributed by atoms with van der Waals surface area (Å²) in [6.07, 6.45) is 11.1. The van der Waals surface area contributed by atoms with Crippen molar-refractivity contribution in [2.75, 3.05) is 0 Å². The molecule has 0 aliphatic heterocycles. The summed E-state index contributed by atoms with van der Waals surface area (Å²) in [4.78, 5) is 23.7. The Hall–Kier alpha value is -1.32. The van der Waals surface area contributed by atoms with E-state index in [9.17, 15) is 9.59 Å². The number of fused-ring (bicyclic) bond motifs is 5. The second-order valence-corrected chi connectivity index (χ2v) is 11.7. The van der Waals surface area contributed by atoms with Gasteiger partial charge in [-0.15, -0.1) is 6.58 Å². The summed E-state index contributed by atoms with van der Waals surface area (Å²) >= 11 is 0. The first-order valence-corrected chi connectivity index (χ1v) is 12.6. The van der Waals surface area contributed by atoms with Crippen LogP contribution in [0.25, 0.3) is 0 Å². The molecule has 4 saturated carbocycles. The molecule has 4 fully saturated rings. The van der Waals surface area contributed by atoms with Crippen LogP contribution in [0.3, 0.4) is 0 Å². The van der Waals surface area contributed by atoms with Gasteiger partial charge in [0.05, 0.1) is 0 Å². The maximum Gasteiger partial charge on any atom is 0.302 e. The zero-order chi connectivity index (χ0) is 22.6. The fourth-order valence-corrected chi connectivity index (χ4v) is 8.90. The average molecular weight is 431 g/mol. The van der Waals surface area contributed by atoms with Gasteiger partial charge in [0.15, 0.2) is 0 Å². The third kappa shape index (κ3) is 3.76. The van der Waals surface area contributed by atoms with Crippen LogP contribution < -0.4 is 0 Å². The minimum atomic E-state index is -0.180. The molecule has 0 aromatic heterocycles. The molecule has 0 aromatic carbocycles.